The summed E-state index contributed by atoms with van der Waals surface area (Å²) in [6.07, 6.45) is 3.69. The summed E-state index contributed by atoms with van der Waals surface area (Å²) in [7, 11) is 1.70. The molecule has 1 amide bonds. The van der Waals surface area contributed by atoms with E-state index in [1.165, 1.54) is 17.7 Å². The highest BCUT2D eigenvalue weighted by molar-refractivity contribution is 5.81. The number of amides is 1. The number of carbonyl (C=O) groups excluding carboxylic acids is 2. The fourth-order valence-corrected chi connectivity index (χ4v) is 1.73. The lowest BCUT2D eigenvalue weighted by Gasteiger charge is -2.08. The average molecular weight is 351 g/mol. The third-order valence-electron chi connectivity index (χ3n) is 2.88. The van der Waals surface area contributed by atoms with E-state index in [2.05, 4.69) is 10.1 Å². The van der Waals surface area contributed by atoms with Crippen LogP contribution in [0.25, 0.3) is 0 Å². The SMILES string of the molecule is CCOC(=O)/C=C/CCC(NC=O)C(=O)O.COCc1ccccc1. The molecule has 1 rings (SSSR count). The van der Waals surface area contributed by atoms with E-state index in [-0.39, 0.29) is 6.42 Å². The standard InChI is InChI=1S/C10H15NO5.C8H10O/c1-2-16-9(13)6-4-3-5-8(10(14)15)11-7-12;1-9-7-8-5-3-2-4-6-8/h4,6-8H,2-3,5H2,1H3,(H,11,12)(H,14,15);2-6H,7H2,1H3/b6-4+;. The Labute approximate surface area is 147 Å². The Kier molecular flexibility index (Phi) is 13.3. The lowest BCUT2D eigenvalue weighted by molar-refractivity contribution is -0.140. The van der Waals surface area contributed by atoms with Gasteiger partial charge in [0, 0.05) is 13.2 Å². The first kappa shape index (κ1) is 22.3. The molecule has 0 aliphatic heterocycles. The van der Waals surface area contributed by atoms with Crippen LogP contribution in [0.5, 0.6) is 0 Å². The van der Waals surface area contributed by atoms with Crippen LogP contribution in [0.4, 0.5) is 0 Å². The number of carboxylic acids is 1. The molecule has 2 N–H and O–H groups in total. The molecule has 0 fully saturated rings. The van der Waals surface area contributed by atoms with Crippen LogP contribution >= 0.6 is 0 Å². The van der Waals surface area contributed by atoms with Gasteiger partial charge in [-0.2, -0.15) is 0 Å². The maximum absolute atomic E-state index is 10.9. The predicted molar refractivity (Wildman–Crippen MR) is 92.8 cm³/mol. The molecule has 1 aromatic rings. The van der Waals surface area contributed by atoms with Gasteiger partial charge in [-0.1, -0.05) is 36.4 Å². The molecule has 7 nitrogen and oxygen atoms in total. The average Bonchev–Trinajstić information content (AvgIpc) is 2.59. The molecule has 25 heavy (non-hydrogen) atoms. The number of aliphatic carboxylic acids is 1. The minimum atomic E-state index is -1.10. The zero-order chi connectivity index (χ0) is 18.9. The zero-order valence-electron chi connectivity index (χ0n) is 14.5. The van der Waals surface area contributed by atoms with Gasteiger partial charge in [-0.3, -0.25) is 4.79 Å². The van der Waals surface area contributed by atoms with Gasteiger partial charge in [-0.25, -0.2) is 9.59 Å². The maximum atomic E-state index is 10.9. The summed E-state index contributed by atoms with van der Waals surface area (Å²) < 4.78 is 9.56. The molecule has 0 radical (unpaired) electrons. The van der Waals surface area contributed by atoms with Crippen molar-refractivity contribution in [3.63, 3.8) is 0 Å². The zero-order valence-corrected chi connectivity index (χ0v) is 14.5. The second kappa shape index (κ2) is 14.9. The van der Waals surface area contributed by atoms with E-state index in [1.807, 2.05) is 30.3 Å². The number of benzene rings is 1. The molecule has 0 heterocycles. The Bertz CT molecular complexity index is 530. The molecular formula is C18H25NO6. The number of carboxylic acid groups (broad SMARTS) is 1. The summed E-state index contributed by atoms with van der Waals surface area (Å²) in [4.78, 5) is 31.5. The van der Waals surface area contributed by atoms with E-state index in [9.17, 15) is 14.4 Å². The van der Waals surface area contributed by atoms with Gasteiger partial charge >= 0.3 is 11.9 Å². The molecule has 0 bridgehead atoms. The summed E-state index contributed by atoms with van der Waals surface area (Å²) in [5, 5.41) is 10.8. The summed E-state index contributed by atoms with van der Waals surface area (Å²) >= 11 is 0. The molecule has 138 valence electrons. The van der Waals surface area contributed by atoms with Crippen LogP contribution in [0.3, 0.4) is 0 Å². The first-order valence-electron chi connectivity index (χ1n) is 7.83. The van der Waals surface area contributed by atoms with E-state index in [0.29, 0.717) is 26.0 Å². The molecule has 1 aromatic carbocycles. The van der Waals surface area contributed by atoms with Crippen LogP contribution < -0.4 is 5.32 Å². The van der Waals surface area contributed by atoms with Gasteiger partial charge in [-0.05, 0) is 25.3 Å². The van der Waals surface area contributed by atoms with Crippen molar-refractivity contribution >= 4 is 18.3 Å². The van der Waals surface area contributed by atoms with Crippen LogP contribution in [-0.4, -0.2) is 43.2 Å². The summed E-state index contributed by atoms with van der Waals surface area (Å²) in [5.41, 5.74) is 1.22. The number of rotatable bonds is 10. The number of hydrogen-bond acceptors (Lipinski definition) is 5. The van der Waals surface area contributed by atoms with Gasteiger partial charge in [0.05, 0.1) is 13.2 Å². The lowest BCUT2D eigenvalue weighted by Crippen LogP contribution is -2.35. The number of allylic oxidation sites excluding steroid dienone is 1. The summed E-state index contributed by atoms with van der Waals surface area (Å²) in [6, 6.07) is 9.18. The largest absolute Gasteiger partial charge is 0.480 e. The molecule has 7 heteroatoms. The Balaban J connectivity index is 0.000000535. The summed E-state index contributed by atoms with van der Waals surface area (Å²) in [6.45, 7) is 2.70. The first-order chi connectivity index (χ1) is 12.0. The minimum absolute atomic E-state index is 0.226. The molecule has 0 aliphatic rings. The smallest absolute Gasteiger partial charge is 0.330 e. The van der Waals surface area contributed by atoms with Gasteiger partial charge in [0.25, 0.3) is 0 Å². The fraction of sp³-hybridized carbons (Fsp3) is 0.389. The molecule has 0 aromatic heterocycles. The number of carbonyl (C=O) groups is 3. The summed E-state index contributed by atoms with van der Waals surface area (Å²) in [5.74, 6) is -1.56. The number of ether oxygens (including phenoxy) is 2. The van der Waals surface area contributed by atoms with Gasteiger partial charge in [0.15, 0.2) is 0 Å². The number of hydrogen-bond donors (Lipinski definition) is 2. The first-order valence-corrected chi connectivity index (χ1v) is 7.83. The topological polar surface area (TPSA) is 102 Å². The Morgan fingerprint density at radius 1 is 1.28 bits per heavy atom. The van der Waals surface area contributed by atoms with Crippen molar-refractivity contribution in [2.75, 3.05) is 13.7 Å². The second-order valence-corrected chi connectivity index (χ2v) is 4.83. The Morgan fingerprint density at radius 3 is 2.48 bits per heavy atom. The molecule has 0 aliphatic carbocycles. The quantitative estimate of drug-likeness (QED) is 0.379. The monoisotopic (exact) mass is 351 g/mol. The van der Waals surface area contributed by atoms with Crippen LogP contribution in [0.1, 0.15) is 25.3 Å². The van der Waals surface area contributed by atoms with Gasteiger partial charge in [0.2, 0.25) is 6.41 Å². The number of methoxy groups -OCH3 is 1. The van der Waals surface area contributed by atoms with Crippen LogP contribution in [0.2, 0.25) is 0 Å². The van der Waals surface area contributed by atoms with Crippen LogP contribution in [-0.2, 0) is 30.5 Å². The van der Waals surface area contributed by atoms with Crippen molar-refractivity contribution in [3.8, 4) is 0 Å². The Hall–Kier alpha value is -2.67. The highest BCUT2D eigenvalue weighted by atomic mass is 16.5. The Morgan fingerprint density at radius 2 is 1.96 bits per heavy atom. The van der Waals surface area contributed by atoms with E-state index < -0.39 is 18.0 Å². The van der Waals surface area contributed by atoms with Crippen molar-refractivity contribution < 1.29 is 29.0 Å². The molecular weight excluding hydrogens is 326 g/mol. The van der Waals surface area contributed by atoms with Crippen molar-refractivity contribution in [2.45, 2.75) is 32.4 Å². The van der Waals surface area contributed by atoms with Crippen LogP contribution in [0.15, 0.2) is 42.5 Å². The number of nitrogens with one attached hydrogen (secondary N) is 1. The van der Waals surface area contributed by atoms with E-state index >= 15 is 0 Å². The van der Waals surface area contributed by atoms with Gasteiger partial charge < -0.3 is 19.9 Å². The highest BCUT2D eigenvalue weighted by Crippen LogP contribution is 1.99. The second-order valence-electron chi connectivity index (χ2n) is 4.83. The normalized spacial score (nSPS) is 11.1. The lowest BCUT2D eigenvalue weighted by atomic mass is 10.1. The van der Waals surface area contributed by atoms with Gasteiger partial charge in [-0.15, -0.1) is 0 Å². The van der Waals surface area contributed by atoms with E-state index in [4.69, 9.17) is 9.84 Å². The molecule has 0 saturated carbocycles. The van der Waals surface area contributed by atoms with Crippen molar-refractivity contribution in [1.29, 1.82) is 0 Å². The number of esters is 1. The van der Waals surface area contributed by atoms with Crippen molar-refractivity contribution in [2.24, 2.45) is 0 Å². The maximum Gasteiger partial charge on any atom is 0.330 e. The highest BCUT2D eigenvalue weighted by Gasteiger charge is 2.14. The van der Waals surface area contributed by atoms with Crippen molar-refractivity contribution in [1.82, 2.24) is 5.32 Å². The molecule has 0 spiro atoms. The molecule has 1 atom stereocenters. The minimum Gasteiger partial charge on any atom is -0.480 e. The third kappa shape index (κ3) is 12.4. The van der Waals surface area contributed by atoms with Crippen molar-refractivity contribution in [3.05, 3.63) is 48.0 Å². The third-order valence-corrected chi connectivity index (χ3v) is 2.88. The fourth-order valence-electron chi connectivity index (χ4n) is 1.73. The van der Waals surface area contributed by atoms with E-state index in [1.54, 1.807) is 14.0 Å². The molecule has 0 saturated heterocycles. The van der Waals surface area contributed by atoms with Gasteiger partial charge in [0.1, 0.15) is 6.04 Å². The van der Waals surface area contributed by atoms with Crippen LogP contribution in [0, 0.1) is 0 Å². The molecule has 1 unspecified atom stereocenters. The van der Waals surface area contributed by atoms with E-state index in [0.717, 1.165) is 0 Å². The predicted octanol–water partition coefficient (Wildman–Crippen LogP) is 1.92.